The number of rotatable bonds is 1. The Bertz CT molecular complexity index is 525. The topological polar surface area (TPSA) is 43.1 Å². The SMILES string of the molecule is NC(=O)C1CC2CC1C1C2C2C3CC(C4C=CC43)C12. The van der Waals surface area contributed by atoms with Crippen LogP contribution < -0.4 is 5.73 Å². The summed E-state index contributed by atoms with van der Waals surface area (Å²) in [6.07, 6.45) is 8.95. The van der Waals surface area contributed by atoms with Gasteiger partial charge in [0.05, 0.1) is 0 Å². The molecule has 11 atom stereocenters. The van der Waals surface area contributed by atoms with Crippen molar-refractivity contribution < 1.29 is 4.79 Å². The second-order valence-electron chi connectivity index (χ2n) is 8.32. The van der Waals surface area contributed by atoms with Crippen LogP contribution in [0, 0.1) is 65.1 Å². The van der Waals surface area contributed by atoms with Gasteiger partial charge in [0.2, 0.25) is 5.91 Å². The molecule has 0 aliphatic heterocycles. The van der Waals surface area contributed by atoms with Crippen molar-refractivity contribution in [3.05, 3.63) is 12.2 Å². The zero-order chi connectivity index (χ0) is 12.5. The Morgan fingerprint density at radius 3 is 2.11 bits per heavy atom. The summed E-state index contributed by atoms with van der Waals surface area (Å²) in [6, 6.07) is 0. The normalized spacial score (nSPS) is 69.2. The monoisotopic (exact) mass is 255 g/mol. The second kappa shape index (κ2) is 2.80. The van der Waals surface area contributed by atoms with Crippen molar-refractivity contribution in [2.75, 3.05) is 0 Å². The maximum atomic E-state index is 11.7. The van der Waals surface area contributed by atoms with Gasteiger partial charge < -0.3 is 5.73 Å². The molecule has 100 valence electrons. The molecule has 11 unspecified atom stereocenters. The lowest BCUT2D eigenvalue weighted by atomic mass is 9.43. The number of amides is 1. The van der Waals surface area contributed by atoms with Crippen LogP contribution in [-0.2, 0) is 4.79 Å². The maximum Gasteiger partial charge on any atom is 0.220 e. The van der Waals surface area contributed by atoms with E-state index in [-0.39, 0.29) is 11.8 Å². The number of carbonyl (C=O) groups excluding carboxylic acids is 1. The molecule has 1 amide bonds. The number of fused-ring (bicyclic) bond motifs is 15. The molecule has 2 heteroatoms. The number of carbonyl (C=O) groups is 1. The third-order valence-electron chi connectivity index (χ3n) is 8.35. The van der Waals surface area contributed by atoms with E-state index in [1.54, 1.807) is 0 Å². The van der Waals surface area contributed by atoms with Crippen LogP contribution in [0.15, 0.2) is 12.2 Å². The third kappa shape index (κ3) is 0.856. The first-order valence-corrected chi connectivity index (χ1v) is 8.23. The van der Waals surface area contributed by atoms with Gasteiger partial charge in [0.1, 0.15) is 0 Å². The summed E-state index contributed by atoms with van der Waals surface area (Å²) in [5.74, 6) is 9.59. The number of allylic oxidation sites excluding steroid dienone is 2. The Kier molecular flexibility index (Phi) is 1.47. The van der Waals surface area contributed by atoms with Gasteiger partial charge in [0, 0.05) is 5.92 Å². The highest BCUT2D eigenvalue weighted by Crippen LogP contribution is 2.79. The van der Waals surface area contributed by atoms with Crippen LogP contribution in [0.3, 0.4) is 0 Å². The van der Waals surface area contributed by atoms with Gasteiger partial charge in [-0.3, -0.25) is 4.79 Å². The molecule has 5 fully saturated rings. The van der Waals surface area contributed by atoms with Crippen LogP contribution in [0.4, 0.5) is 0 Å². The van der Waals surface area contributed by atoms with Crippen molar-refractivity contribution in [3.63, 3.8) is 0 Å². The minimum absolute atomic E-state index is 0.000951. The van der Waals surface area contributed by atoms with Crippen molar-refractivity contribution in [3.8, 4) is 0 Å². The molecule has 0 heterocycles. The van der Waals surface area contributed by atoms with Crippen LogP contribution in [0.2, 0.25) is 0 Å². The Hall–Kier alpha value is -0.790. The second-order valence-corrected chi connectivity index (χ2v) is 8.32. The van der Waals surface area contributed by atoms with E-state index in [4.69, 9.17) is 5.73 Å². The summed E-state index contributed by atoms with van der Waals surface area (Å²) < 4.78 is 0. The van der Waals surface area contributed by atoms with Crippen LogP contribution in [0.1, 0.15) is 19.3 Å². The van der Waals surface area contributed by atoms with E-state index in [1.165, 1.54) is 12.8 Å². The first kappa shape index (κ1) is 10.0. The highest BCUT2D eigenvalue weighted by molar-refractivity contribution is 5.77. The maximum absolute atomic E-state index is 11.7. The van der Waals surface area contributed by atoms with Gasteiger partial charge in [-0.05, 0) is 78.4 Å². The summed E-state index contributed by atoms with van der Waals surface area (Å²) in [4.78, 5) is 11.7. The zero-order valence-corrected chi connectivity index (χ0v) is 11.1. The fourth-order valence-corrected chi connectivity index (χ4v) is 8.08. The first-order chi connectivity index (χ1) is 9.25. The minimum atomic E-state index is -0.000951. The summed E-state index contributed by atoms with van der Waals surface area (Å²) >= 11 is 0. The average Bonchev–Trinajstić information content (AvgIpc) is 2.92. The van der Waals surface area contributed by atoms with E-state index < -0.39 is 0 Å². The Morgan fingerprint density at radius 1 is 0.842 bits per heavy atom. The molecule has 6 rings (SSSR count). The Labute approximate surface area is 113 Å². The highest BCUT2D eigenvalue weighted by Gasteiger charge is 2.75. The van der Waals surface area contributed by atoms with Gasteiger partial charge in [-0.2, -0.15) is 0 Å². The van der Waals surface area contributed by atoms with E-state index in [9.17, 15) is 4.79 Å². The Balaban J connectivity index is 1.39. The average molecular weight is 255 g/mol. The molecule has 0 aromatic heterocycles. The van der Waals surface area contributed by atoms with Crippen molar-refractivity contribution in [2.24, 2.45) is 70.8 Å². The lowest BCUT2D eigenvalue weighted by Gasteiger charge is -2.61. The lowest BCUT2D eigenvalue weighted by molar-refractivity contribution is -0.143. The molecular formula is C17H21NO. The molecule has 4 bridgehead atoms. The summed E-state index contributed by atoms with van der Waals surface area (Å²) in [5.41, 5.74) is 5.64. The molecule has 5 saturated carbocycles. The molecule has 6 aliphatic carbocycles. The molecule has 0 aromatic carbocycles. The summed E-state index contributed by atoms with van der Waals surface area (Å²) in [7, 11) is 0. The molecular weight excluding hydrogens is 234 g/mol. The van der Waals surface area contributed by atoms with E-state index in [2.05, 4.69) is 12.2 Å². The van der Waals surface area contributed by atoms with Gasteiger partial charge in [-0.25, -0.2) is 0 Å². The van der Waals surface area contributed by atoms with Gasteiger partial charge in [-0.15, -0.1) is 0 Å². The lowest BCUT2D eigenvalue weighted by Crippen LogP contribution is -2.58. The van der Waals surface area contributed by atoms with Crippen LogP contribution in [-0.4, -0.2) is 5.91 Å². The molecule has 2 nitrogen and oxygen atoms in total. The van der Waals surface area contributed by atoms with Crippen molar-refractivity contribution in [2.45, 2.75) is 19.3 Å². The van der Waals surface area contributed by atoms with Gasteiger partial charge in [0.15, 0.2) is 0 Å². The Morgan fingerprint density at radius 2 is 1.47 bits per heavy atom. The van der Waals surface area contributed by atoms with Gasteiger partial charge in [-0.1, -0.05) is 12.2 Å². The van der Waals surface area contributed by atoms with Crippen LogP contribution in [0.25, 0.3) is 0 Å². The fourth-order valence-electron chi connectivity index (χ4n) is 8.08. The fraction of sp³-hybridized carbons (Fsp3) is 0.824. The quantitative estimate of drug-likeness (QED) is 0.565. The number of hydrogen-bond donors (Lipinski definition) is 1. The predicted octanol–water partition coefficient (Wildman–Crippen LogP) is 2.06. The highest BCUT2D eigenvalue weighted by atomic mass is 16.1. The number of primary amides is 1. The first-order valence-electron chi connectivity index (χ1n) is 8.23. The van der Waals surface area contributed by atoms with Crippen LogP contribution in [0.5, 0.6) is 0 Å². The summed E-state index contributed by atoms with van der Waals surface area (Å²) in [5, 5.41) is 0. The van der Waals surface area contributed by atoms with E-state index >= 15 is 0 Å². The van der Waals surface area contributed by atoms with Crippen molar-refractivity contribution >= 4 is 5.91 Å². The predicted molar refractivity (Wildman–Crippen MR) is 70.6 cm³/mol. The summed E-state index contributed by atoms with van der Waals surface area (Å²) in [6.45, 7) is 0. The van der Waals surface area contributed by atoms with Gasteiger partial charge in [0.25, 0.3) is 0 Å². The molecule has 0 spiro atoms. The standard InChI is InChI=1S/C17H21NO/c18-17(19)12-4-6-3-9(12)14-13(6)15-10-5-11(16(14)15)8-2-1-7(8)10/h1-2,6-16H,3-5H2,(H2,18,19). The minimum Gasteiger partial charge on any atom is -0.369 e. The molecule has 19 heavy (non-hydrogen) atoms. The molecule has 0 saturated heterocycles. The molecule has 2 N–H and O–H groups in total. The smallest absolute Gasteiger partial charge is 0.220 e. The molecule has 0 aromatic rings. The zero-order valence-electron chi connectivity index (χ0n) is 11.1. The number of hydrogen-bond acceptors (Lipinski definition) is 1. The van der Waals surface area contributed by atoms with Crippen molar-refractivity contribution in [1.82, 2.24) is 0 Å². The third-order valence-corrected chi connectivity index (χ3v) is 8.35. The van der Waals surface area contributed by atoms with E-state index in [0.29, 0.717) is 5.92 Å². The van der Waals surface area contributed by atoms with E-state index in [0.717, 1.165) is 59.7 Å². The van der Waals surface area contributed by atoms with E-state index in [1.807, 2.05) is 0 Å². The van der Waals surface area contributed by atoms with Crippen molar-refractivity contribution in [1.29, 1.82) is 0 Å². The molecule has 6 aliphatic rings. The largest absolute Gasteiger partial charge is 0.369 e. The number of nitrogens with two attached hydrogens (primary N) is 1. The van der Waals surface area contributed by atoms with Crippen LogP contribution >= 0.6 is 0 Å². The molecule has 0 radical (unpaired) electrons. The van der Waals surface area contributed by atoms with Gasteiger partial charge >= 0.3 is 0 Å².